The first-order valence-corrected chi connectivity index (χ1v) is 8.23. The monoisotopic (exact) mass is 390 g/mol. The molecule has 0 aliphatic heterocycles. The molecule has 2 atom stereocenters. The van der Waals surface area contributed by atoms with Crippen molar-refractivity contribution in [3.8, 4) is 0 Å². The summed E-state index contributed by atoms with van der Waals surface area (Å²) in [6.07, 6.45) is 0. The van der Waals surface area contributed by atoms with Crippen molar-refractivity contribution in [2.45, 2.75) is 36.9 Å². The molecule has 2 aromatic rings. The molecule has 7 heteroatoms. The highest BCUT2D eigenvalue weighted by Gasteiger charge is 2.62. The predicted octanol–water partition coefficient (Wildman–Crippen LogP) is 6.04. The summed E-state index contributed by atoms with van der Waals surface area (Å²) in [5, 5.41) is 0. The first kappa shape index (κ1) is 21.3. The lowest BCUT2D eigenvalue weighted by atomic mass is 9.88. The van der Waals surface area contributed by atoms with Gasteiger partial charge in [0, 0.05) is 11.1 Å². The maximum Gasteiger partial charge on any atom is 0.303 e. The summed E-state index contributed by atoms with van der Waals surface area (Å²) in [5.74, 6) is -7.96. The summed E-state index contributed by atoms with van der Waals surface area (Å²) < 4.78 is 92.0. The number of hydrogen-bond donors (Lipinski definition) is 0. The van der Waals surface area contributed by atoms with E-state index in [1.54, 1.807) is 0 Å². The molecule has 27 heavy (non-hydrogen) atoms. The molecular weight excluding hydrogens is 370 g/mol. The molecule has 0 amide bonds. The first-order chi connectivity index (χ1) is 12.5. The normalized spacial score (nSPS) is 17.2. The van der Waals surface area contributed by atoms with Crippen LogP contribution in [0.4, 0.5) is 26.3 Å². The second-order valence-corrected chi connectivity index (χ2v) is 6.71. The zero-order valence-electron chi connectivity index (χ0n) is 14.9. The minimum atomic E-state index is -3.98. The van der Waals surface area contributed by atoms with E-state index in [4.69, 9.17) is 4.74 Å². The van der Waals surface area contributed by atoms with Gasteiger partial charge in [-0.1, -0.05) is 60.7 Å². The van der Waals surface area contributed by atoms with Gasteiger partial charge in [0.1, 0.15) is 13.3 Å². The maximum atomic E-state index is 14.9. The van der Waals surface area contributed by atoms with Gasteiger partial charge in [-0.2, -0.15) is 17.6 Å². The Morgan fingerprint density at radius 2 is 0.926 bits per heavy atom. The second-order valence-electron chi connectivity index (χ2n) is 6.71. The molecular formula is C20H20F6O. The summed E-state index contributed by atoms with van der Waals surface area (Å²) >= 11 is 0. The van der Waals surface area contributed by atoms with Gasteiger partial charge in [-0.15, -0.1) is 0 Å². The number of alkyl halides is 6. The fraction of sp³-hybridized carbons (Fsp3) is 0.400. The van der Waals surface area contributed by atoms with Crippen molar-refractivity contribution in [1.29, 1.82) is 0 Å². The Kier molecular flexibility index (Phi) is 5.94. The summed E-state index contributed by atoms with van der Waals surface area (Å²) in [4.78, 5) is 0. The third-order valence-corrected chi connectivity index (χ3v) is 4.56. The van der Waals surface area contributed by atoms with Crippen LogP contribution in [0.2, 0.25) is 0 Å². The van der Waals surface area contributed by atoms with Gasteiger partial charge in [0.25, 0.3) is 0 Å². The average Bonchev–Trinajstić information content (AvgIpc) is 2.68. The predicted molar refractivity (Wildman–Crippen MR) is 90.5 cm³/mol. The lowest BCUT2D eigenvalue weighted by Gasteiger charge is -2.44. The standard InChI is InChI=1S/C20H20F6O/c1-17(13-21,19(23,24)15-9-5-3-6-10-15)27-18(2,14-22)20(25,26)16-11-7-4-8-12-16/h3-12H,13-14H2,1-2H3. The molecule has 148 valence electrons. The largest absolute Gasteiger partial charge is 0.350 e. The fourth-order valence-corrected chi connectivity index (χ4v) is 2.75. The average molecular weight is 390 g/mol. The summed E-state index contributed by atoms with van der Waals surface area (Å²) in [7, 11) is 0. The van der Waals surface area contributed by atoms with Gasteiger partial charge in [-0.25, -0.2) is 8.78 Å². The highest BCUT2D eigenvalue weighted by atomic mass is 19.3. The highest BCUT2D eigenvalue weighted by Crippen LogP contribution is 2.49. The van der Waals surface area contributed by atoms with Gasteiger partial charge in [0.15, 0.2) is 11.2 Å². The Balaban J connectivity index is 2.47. The quantitative estimate of drug-likeness (QED) is 0.499. The van der Waals surface area contributed by atoms with Crippen LogP contribution in [0.3, 0.4) is 0 Å². The third-order valence-electron chi connectivity index (χ3n) is 4.56. The molecule has 0 saturated carbocycles. The van der Waals surface area contributed by atoms with E-state index in [0.29, 0.717) is 13.8 Å². The maximum absolute atomic E-state index is 14.9. The number of rotatable bonds is 8. The van der Waals surface area contributed by atoms with E-state index >= 15 is 0 Å². The van der Waals surface area contributed by atoms with E-state index in [1.165, 1.54) is 36.4 Å². The van der Waals surface area contributed by atoms with Gasteiger partial charge >= 0.3 is 11.8 Å². The van der Waals surface area contributed by atoms with Crippen LogP contribution < -0.4 is 0 Å². The van der Waals surface area contributed by atoms with Crippen LogP contribution in [-0.2, 0) is 16.6 Å². The van der Waals surface area contributed by atoms with Crippen molar-refractivity contribution < 1.29 is 31.1 Å². The second kappa shape index (κ2) is 7.54. The van der Waals surface area contributed by atoms with Gasteiger partial charge in [0.2, 0.25) is 0 Å². The molecule has 1 nitrogen and oxygen atoms in total. The number of halogens is 6. The summed E-state index contributed by atoms with van der Waals surface area (Å²) in [5.41, 5.74) is -7.25. The minimum Gasteiger partial charge on any atom is -0.350 e. The van der Waals surface area contributed by atoms with Crippen molar-refractivity contribution in [2.75, 3.05) is 13.3 Å². The summed E-state index contributed by atoms with van der Waals surface area (Å²) in [6, 6.07) is 12.3. The van der Waals surface area contributed by atoms with Crippen LogP contribution in [0, 0.1) is 0 Å². The van der Waals surface area contributed by atoms with Gasteiger partial charge < -0.3 is 4.74 Å². The molecule has 0 saturated heterocycles. The molecule has 0 heterocycles. The van der Waals surface area contributed by atoms with E-state index in [1.807, 2.05) is 0 Å². The topological polar surface area (TPSA) is 9.23 Å². The molecule has 0 fully saturated rings. The molecule has 0 radical (unpaired) electrons. The van der Waals surface area contributed by atoms with Gasteiger partial charge in [0.05, 0.1) is 0 Å². The molecule has 0 aromatic heterocycles. The fourth-order valence-electron chi connectivity index (χ4n) is 2.75. The SMILES string of the molecule is CC(CF)(OC(C)(CF)C(F)(F)c1ccccc1)C(F)(F)c1ccccc1. The number of hydrogen-bond acceptors (Lipinski definition) is 1. The van der Waals surface area contributed by atoms with E-state index in [9.17, 15) is 26.3 Å². The molecule has 0 spiro atoms. The molecule has 2 rings (SSSR count). The van der Waals surface area contributed by atoms with Crippen LogP contribution in [-0.4, -0.2) is 24.6 Å². The molecule has 0 bridgehead atoms. The highest BCUT2D eigenvalue weighted by molar-refractivity contribution is 5.26. The van der Waals surface area contributed by atoms with Gasteiger partial charge in [-0.05, 0) is 13.8 Å². The molecule has 0 aliphatic rings. The Labute approximate surface area is 154 Å². The van der Waals surface area contributed by atoms with Crippen LogP contribution in [0.15, 0.2) is 60.7 Å². The van der Waals surface area contributed by atoms with Crippen LogP contribution >= 0.6 is 0 Å². The number of benzene rings is 2. The molecule has 0 aliphatic carbocycles. The van der Waals surface area contributed by atoms with Crippen LogP contribution in [0.1, 0.15) is 25.0 Å². The minimum absolute atomic E-state index is 0.616. The van der Waals surface area contributed by atoms with Crippen molar-refractivity contribution >= 4 is 0 Å². The molecule has 2 unspecified atom stereocenters. The first-order valence-electron chi connectivity index (χ1n) is 8.23. The molecule has 0 N–H and O–H groups in total. The zero-order valence-corrected chi connectivity index (χ0v) is 14.9. The lowest BCUT2D eigenvalue weighted by Crippen LogP contribution is -2.58. The van der Waals surface area contributed by atoms with E-state index in [0.717, 1.165) is 24.3 Å². The van der Waals surface area contributed by atoms with Crippen LogP contribution in [0.25, 0.3) is 0 Å². The van der Waals surface area contributed by atoms with Gasteiger partial charge in [-0.3, -0.25) is 0 Å². The van der Waals surface area contributed by atoms with E-state index < -0.39 is 47.5 Å². The van der Waals surface area contributed by atoms with E-state index in [2.05, 4.69) is 0 Å². The Hall–Kier alpha value is -2.02. The molecule has 2 aromatic carbocycles. The smallest absolute Gasteiger partial charge is 0.303 e. The lowest BCUT2D eigenvalue weighted by molar-refractivity contribution is -0.313. The summed E-state index contributed by atoms with van der Waals surface area (Å²) in [6.45, 7) is -2.27. The van der Waals surface area contributed by atoms with Crippen molar-refractivity contribution in [2.24, 2.45) is 0 Å². The van der Waals surface area contributed by atoms with Crippen molar-refractivity contribution in [3.63, 3.8) is 0 Å². The van der Waals surface area contributed by atoms with Crippen molar-refractivity contribution in [3.05, 3.63) is 71.8 Å². The third kappa shape index (κ3) is 3.70. The number of ether oxygens (including phenoxy) is 1. The Bertz CT molecular complexity index is 673. The van der Waals surface area contributed by atoms with Crippen molar-refractivity contribution in [1.82, 2.24) is 0 Å². The zero-order chi connectivity index (χ0) is 20.3. The van der Waals surface area contributed by atoms with E-state index in [-0.39, 0.29) is 0 Å². The Morgan fingerprint density at radius 3 is 1.19 bits per heavy atom. The Morgan fingerprint density at radius 1 is 0.630 bits per heavy atom. The van der Waals surface area contributed by atoms with Crippen LogP contribution in [0.5, 0.6) is 0 Å².